The Balaban J connectivity index is 0.000000360. The molecular weight excluding hydrogens is 220 g/mol. The van der Waals surface area contributed by atoms with Crippen molar-refractivity contribution in [3.8, 4) is 0 Å². The smallest absolute Gasteiger partial charge is 0.235 e. The molecule has 0 radical (unpaired) electrons. The van der Waals surface area contributed by atoms with Gasteiger partial charge < -0.3 is 4.42 Å². The third-order valence-electron chi connectivity index (χ3n) is 0.495. The zero-order valence-electron chi connectivity index (χ0n) is 3.55. The summed E-state index contributed by atoms with van der Waals surface area (Å²) in [6.45, 7) is 0. The molecule has 1 aromatic rings. The molecule has 0 aliphatic carbocycles. The van der Waals surface area contributed by atoms with Crippen LogP contribution in [-0.2, 0) is 0 Å². The first-order chi connectivity index (χ1) is 2.89. The van der Waals surface area contributed by atoms with Crippen LogP contribution in [0.3, 0.4) is 0 Å². The summed E-state index contributed by atoms with van der Waals surface area (Å²) in [5.41, 5.74) is -0.282. The first-order valence-corrected chi connectivity index (χ1v) is 1.60. The van der Waals surface area contributed by atoms with Crippen molar-refractivity contribution >= 4 is 0 Å². The molecule has 0 saturated carbocycles. The summed E-state index contributed by atoms with van der Waals surface area (Å²) in [5, 5.41) is 0. The van der Waals surface area contributed by atoms with E-state index >= 15 is 0 Å². The van der Waals surface area contributed by atoms with Gasteiger partial charge >= 0.3 is 0 Å². The predicted molar refractivity (Wildman–Crippen MR) is 20.6 cm³/mol. The van der Waals surface area contributed by atoms with E-state index in [2.05, 4.69) is 4.42 Å². The summed E-state index contributed by atoms with van der Waals surface area (Å²) in [4.78, 5) is 9.90. The fourth-order valence-corrected chi connectivity index (χ4v) is 0.263. The van der Waals surface area contributed by atoms with E-state index in [1.807, 2.05) is 0 Å². The van der Waals surface area contributed by atoms with Gasteiger partial charge in [-0.25, -0.2) is 0 Å². The van der Waals surface area contributed by atoms with Crippen LogP contribution in [-0.4, -0.2) is 0 Å². The van der Waals surface area contributed by atoms with Crippen molar-refractivity contribution < 1.29 is 46.2 Å². The van der Waals surface area contributed by atoms with Crippen molar-refractivity contribution in [2.75, 3.05) is 0 Å². The molecule has 7 heavy (non-hydrogen) atoms. The molecule has 0 bridgehead atoms. The maximum Gasteiger partial charge on any atom is 0.235 e. The van der Waals surface area contributed by atoms with Crippen LogP contribution < -0.4 is 5.63 Å². The summed E-state index contributed by atoms with van der Waals surface area (Å²) in [5.74, 6) is 0. The minimum absolute atomic E-state index is 0. The number of furan rings is 1. The van der Waals surface area contributed by atoms with E-state index in [1.165, 1.54) is 12.3 Å². The maximum atomic E-state index is 9.90. The van der Waals surface area contributed by atoms with E-state index < -0.39 is 0 Å². The van der Waals surface area contributed by atoms with Crippen LogP contribution in [0.2, 0.25) is 0 Å². The van der Waals surface area contributed by atoms with Crippen molar-refractivity contribution in [2.45, 2.75) is 0 Å². The monoisotopic (exact) mass is 223 g/mol. The van der Waals surface area contributed by atoms with Gasteiger partial charge in [-0.2, -0.15) is 6.07 Å². The predicted octanol–water partition coefficient (Wildman–Crippen LogP) is 0.359. The van der Waals surface area contributed by atoms with Gasteiger partial charge in [0.1, 0.15) is 0 Å². The Hall–Kier alpha value is 0.457. The minimum Gasteiger partial charge on any atom is -0.538 e. The molecule has 1 rings (SSSR count). The molecule has 3 heteroatoms. The van der Waals surface area contributed by atoms with Crippen molar-refractivity contribution in [1.82, 2.24) is 0 Å². The van der Waals surface area contributed by atoms with Crippen molar-refractivity contribution in [1.29, 1.82) is 0 Å². The number of rotatable bonds is 0. The summed E-state index contributed by atoms with van der Waals surface area (Å²) < 4.78 is 4.28. The van der Waals surface area contributed by atoms with E-state index in [9.17, 15) is 4.79 Å². The van der Waals surface area contributed by atoms with E-state index in [1.54, 1.807) is 6.07 Å². The first-order valence-electron chi connectivity index (χ1n) is 1.60. The Bertz CT molecular complexity index is 147. The SMILES string of the molecule is O=c1[cH-]cco1.[Ce]. The fraction of sp³-hybridized carbons (Fsp3) is 0. The Labute approximate surface area is 74.3 Å². The zero-order valence-corrected chi connectivity index (χ0v) is 6.69. The molecule has 0 N–H and O–H groups in total. The Kier molecular flexibility index (Phi) is 3.68. The Morgan fingerprint density at radius 2 is 2.43 bits per heavy atom. The molecule has 36 valence electrons. The standard InChI is InChI=1S/C4H3O2.Ce/c5-4-2-1-3-6-4;/h1-3H;/q-1;. The van der Waals surface area contributed by atoms with Crippen LogP contribution in [0, 0.1) is 41.7 Å². The molecule has 0 unspecified atom stereocenters. The largest absolute Gasteiger partial charge is 0.538 e. The molecule has 0 aliphatic heterocycles. The van der Waals surface area contributed by atoms with Crippen LogP contribution in [0.5, 0.6) is 0 Å². The van der Waals surface area contributed by atoms with Crippen LogP contribution in [0.4, 0.5) is 0 Å². The summed E-state index contributed by atoms with van der Waals surface area (Å²) in [7, 11) is 0. The summed E-state index contributed by atoms with van der Waals surface area (Å²) in [6.07, 6.45) is 1.35. The van der Waals surface area contributed by atoms with Gasteiger partial charge in [0.15, 0.2) is 0 Å². The van der Waals surface area contributed by atoms with E-state index in [-0.39, 0.29) is 47.4 Å². The number of hydrogen-bond donors (Lipinski definition) is 0. The van der Waals surface area contributed by atoms with E-state index in [0.717, 1.165) is 0 Å². The molecule has 1 heterocycles. The average Bonchev–Trinajstić information content (AvgIpc) is 1.86. The summed E-state index contributed by atoms with van der Waals surface area (Å²) >= 11 is 0. The van der Waals surface area contributed by atoms with Crippen molar-refractivity contribution in [2.24, 2.45) is 0 Å². The van der Waals surface area contributed by atoms with Gasteiger partial charge in [-0.15, -0.1) is 6.07 Å². The Morgan fingerprint density at radius 1 is 1.71 bits per heavy atom. The topological polar surface area (TPSA) is 30.2 Å². The fourth-order valence-electron chi connectivity index (χ4n) is 0.263. The van der Waals surface area contributed by atoms with Crippen molar-refractivity contribution in [3.05, 3.63) is 28.8 Å². The average molecular weight is 223 g/mol. The van der Waals surface area contributed by atoms with Gasteiger partial charge in [0, 0.05) is 41.7 Å². The second kappa shape index (κ2) is 3.46. The van der Waals surface area contributed by atoms with Crippen LogP contribution >= 0.6 is 0 Å². The summed E-state index contributed by atoms with van der Waals surface area (Å²) in [6, 6.07) is 2.92. The normalized spacial score (nSPS) is 7.43. The van der Waals surface area contributed by atoms with Crippen LogP contribution in [0.25, 0.3) is 0 Å². The van der Waals surface area contributed by atoms with Crippen LogP contribution in [0.15, 0.2) is 27.6 Å². The van der Waals surface area contributed by atoms with Gasteiger partial charge in [-0.05, 0) is 0 Å². The van der Waals surface area contributed by atoms with Gasteiger partial charge in [-0.3, -0.25) is 4.79 Å². The maximum absolute atomic E-state index is 9.90. The van der Waals surface area contributed by atoms with Gasteiger partial charge in [0.25, 0.3) is 0 Å². The molecule has 0 amide bonds. The quantitative estimate of drug-likeness (QED) is 0.594. The van der Waals surface area contributed by atoms with Gasteiger partial charge in [0.05, 0.1) is 0 Å². The molecule has 0 aromatic carbocycles. The second-order valence-corrected chi connectivity index (χ2v) is 0.932. The zero-order chi connectivity index (χ0) is 4.41. The Morgan fingerprint density at radius 3 is 2.57 bits per heavy atom. The molecule has 0 fully saturated rings. The molecule has 0 saturated heterocycles. The third-order valence-corrected chi connectivity index (χ3v) is 0.495. The molecule has 0 aliphatic rings. The first kappa shape index (κ1) is 7.46. The molecule has 2 nitrogen and oxygen atoms in total. The van der Waals surface area contributed by atoms with E-state index in [4.69, 9.17) is 0 Å². The van der Waals surface area contributed by atoms with Gasteiger partial charge in [-0.1, -0.05) is 6.26 Å². The van der Waals surface area contributed by atoms with E-state index in [0.29, 0.717) is 0 Å². The van der Waals surface area contributed by atoms with Crippen molar-refractivity contribution in [3.63, 3.8) is 0 Å². The second-order valence-electron chi connectivity index (χ2n) is 0.932. The molecule has 0 atom stereocenters. The molecule has 1 aromatic heterocycles. The number of hydrogen-bond acceptors (Lipinski definition) is 2. The molecule has 0 spiro atoms. The minimum atomic E-state index is -0.282. The molecular formula is C4H3CeO2-. The van der Waals surface area contributed by atoms with Crippen LogP contribution in [0.1, 0.15) is 0 Å². The third kappa shape index (κ3) is 2.31. The van der Waals surface area contributed by atoms with Gasteiger partial charge in [0.2, 0.25) is 5.63 Å².